The molecule has 0 radical (unpaired) electrons. The van der Waals surface area contributed by atoms with Gasteiger partial charge in [-0.15, -0.1) is 0 Å². The van der Waals surface area contributed by atoms with Crippen LogP contribution in [0.5, 0.6) is 0 Å². The molecule has 4 nitrogen and oxygen atoms in total. The maximum atomic E-state index is 12.8. The Kier molecular flexibility index (Phi) is 5.22. The van der Waals surface area contributed by atoms with Crippen LogP contribution in [0.2, 0.25) is 0 Å². The van der Waals surface area contributed by atoms with Gasteiger partial charge < -0.3 is 9.64 Å². The summed E-state index contributed by atoms with van der Waals surface area (Å²) in [5, 5.41) is 0. The first kappa shape index (κ1) is 15.2. The number of amides is 1. The quantitative estimate of drug-likeness (QED) is 0.785. The smallest absolute Gasteiger partial charge is 0.228 e. The summed E-state index contributed by atoms with van der Waals surface area (Å²) in [6.07, 6.45) is 10.5. The molecule has 1 amide bonds. The van der Waals surface area contributed by atoms with Gasteiger partial charge in [-0.25, -0.2) is 0 Å². The summed E-state index contributed by atoms with van der Waals surface area (Å²) in [5.74, 6) is 0.834. The van der Waals surface area contributed by atoms with Crippen LogP contribution in [0.4, 0.5) is 0 Å². The average molecular weight is 300 g/mol. The first-order chi connectivity index (χ1) is 10.8. The SMILES string of the molecule is O=C([C@@H]1CCOC1)N(Cc1ccccn1)C[C@@H]1CC=CCC1. The van der Waals surface area contributed by atoms with Crippen LogP contribution in [0.3, 0.4) is 0 Å². The van der Waals surface area contributed by atoms with Crippen molar-refractivity contribution in [3.05, 3.63) is 42.2 Å². The van der Waals surface area contributed by atoms with Crippen molar-refractivity contribution >= 4 is 5.91 Å². The maximum Gasteiger partial charge on any atom is 0.228 e. The number of ether oxygens (including phenoxy) is 1. The molecule has 0 aromatic carbocycles. The third-order valence-corrected chi connectivity index (χ3v) is 4.53. The van der Waals surface area contributed by atoms with E-state index in [-0.39, 0.29) is 11.8 Å². The van der Waals surface area contributed by atoms with Gasteiger partial charge in [-0.3, -0.25) is 9.78 Å². The molecule has 0 saturated carbocycles. The Bertz CT molecular complexity index is 509. The summed E-state index contributed by atoms with van der Waals surface area (Å²) < 4.78 is 5.39. The first-order valence-corrected chi connectivity index (χ1v) is 8.24. The lowest BCUT2D eigenvalue weighted by Gasteiger charge is -2.30. The molecule has 0 spiro atoms. The van der Waals surface area contributed by atoms with Crippen molar-refractivity contribution in [1.82, 2.24) is 9.88 Å². The fraction of sp³-hybridized carbons (Fsp3) is 0.556. The van der Waals surface area contributed by atoms with Crippen LogP contribution >= 0.6 is 0 Å². The van der Waals surface area contributed by atoms with Crippen LogP contribution in [-0.2, 0) is 16.1 Å². The molecule has 1 aromatic rings. The van der Waals surface area contributed by atoms with Crippen molar-refractivity contribution in [2.24, 2.45) is 11.8 Å². The minimum atomic E-state index is 0.0304. The van der Waals surface area contributed by atoms with Crippen LogP contribution < -0.4 is 0 Å². The molecule has 2 heterocycles. The minimum Gasteiger partial charge on any atom is -0.381 e. The number of carbonyl (C=O) groups excluding carboxylic acids is 1. The van der Waals surface area contributed by atoms with Crippen LogP contribution in [0.1, 0.15) is 31.4 Å². The van der Waals surface area contributed by atoms with Gasteiger partial charge in [0.15, 0.2) is 0 Å². The normalized spacial score (nSPS) is 24.4. The number of pyridine rings is 1. The van der Waals surface area contributed by atoms with E-state index >= 15 is 0 Å². The lowest BCUT2D eigenvalue weighted by molar-refractivity contribution is -0.137. The van der Waals surface area contributed by atoms with Crippen molar-refractivity contribution in [2.45, 2.75) is 32.2 Å². The second kappa shape index (κ2) is 7.54. The zero-order chi connectivity index (χ0) is 15.2. The third kappa shape index (κ3) is 3.95. The molecule has 0 unspecified atom stereocenters. The second-order valence-electron chi connectivity index (χ2n) is 6.25. The van der Waals surface area contributed by atoms with E-state index in [1.807, 2.05) is 23.1 Å². The third-order valence-electron chi connectivity index (χ3n) is 4.53. The molecule has 1 fully saturated rings. The number of hydrogen-bond donors (Lipinski definition) is 0. The van der Waals surface area contributed by atoms with E-state index < -0.39 is 0 Å². The van der Waals surface area contributed by atoms with E-state index in [2.05, 4.69) is 17.1 Å². The first-order valence-electron chi connectivity index (χ1n) is 8.24. The molecule has 2 aliphatic rings. The van der Waals surface area contributed by atoms with E-state index in [4.69, 9.17) is 4.74 Å². The number of hydrogen-bond acceptors (Lipinski definition) is 3. The number of nitrogens with zero attached hydrogens (tertiary/aromatic N) is 2. The number of allylic oxidation sites excluding steroid dienone is 2. The number of carbonyl (C=O) groups is 1. The van der Waals surface area contributed by atoms with E-state index in [0.717, 1.165) is 31.5 Å². The van der Waals surface area contributed by atoms with Crippen molar-refractivity contribution in [3.8, 4) is 0 Å². The van der Waals surface area contributed by atoms with Gasteiger partial charge in [0.05, 0.1) is 24.8 Å². The molecule has 4 heteroatoms. The molecule has 2 atom stereocenters. The van der Waals surface area contributed by atoms with Crippen molar-refractivity contribution in [3.63, 3.8) is 0 Å². The molecule has 1 saturated heterocycles. The van der Waals surface area contributed by atoms with Crippen LogP contribution in [0.25, 0.3) is 0 Å². The number of aromatic nitrogens is 1. The van der Waals surface area contributed by atoms with Gasteiger partial charge in [0.1, 0.15) is 0 Å². The Hall–Kier alpha value is -1.68. The summed E-state index contributed by atoms with van der Waals surface area (Å²) in [4.78, 5) is 19.2. The summed E-state index contributed by atoms with van der Waals surface area (Å²) in [7, 11) is 0. The van der Waals surface area contributed by atoms with Crippen molar-refractivity contribution in [1.29, 1.82) is 0 Å². The fourth-order valence-electron chi connectivity index (χ4n) is 3.24. The van der Waals surface area contributed by atoms with Gasteiger partial charge in [0.2, 0.25) is 5.91 Å². The zero-order valence-electron chi connectivity index (χ0n) is 13.0. The average Bonchev–Trinajstić information content (AvgIpc) is 3.10. The topological polar surface area (TPSA) is 42.4 Å². The second-order valence-corrected chi connectivity index (χ2v) is 6.25. The molecule has 1 aliphatic heterocycles. The van der Waals surface area contributed by atoms with E-state index in [1.54, 1.807) is 6.20 Å². The van der Waals surface area contributed by atoms with Gasteiger partial charge >= 0.3 is 0 Å². The predicted molar refractivity (Wildman–Crippen MR) is 85.1 cm³/mol. The molecule has 1 aliphatic carbocycles. The Morgan fingerprint density at radius 2 is 2.27 bits per heavy atom. The highest BCUT2D eigenvalue weighted by atomic mass is 16.5. The molecule has 1 aromatic heterocycles. The summed E-state index contributed by atoms with van der Waals surface area (Å²) in [6.45, 7) is 2.72. The molecule has 3 rings (SSSR count). The van der Waals surface area contributed by atoms with Crippen LogP contribution in [-0.4, -0.2) is 35.5 Å². The standard InChI is InChI=1S/C18H24N2O2/c21-18(16-9-11-22-14-16)20(12-15-6-2-1-3-7-15)13-17-8-4-5-10-19-17/h1-2,4-5,8,10,15-16H,3,6-7,9,11-14H2/t15-,16-/m1/s1. The summed E-state index contributed by atoms with van der Waals surface area (Å²) in [6, 6.07) is 5.88. The highest BCUT2D eigenvalue weighted by molar-refractivity contribution is 5.79. The molecular formula is C18H24N2O2. The van der Waals surface area contributed by atoms with E-state index in [1.165, 1.54) is 6.42 Å². The molecule has 118 valence electrons. The van der Waals surface area contributed by atoms with E-state index in [0.29, 0.717) is 25.7 Å². The molecule has 0 bridgehead atoms. The van der Waals surface area contributed by atoms with Gasteiger partial charge in [0.25, 0.3) is 0 Å². The lowest BCUT2D eigenvalue weighted by atomic mass is 9.93. The van der Waals surface area contributed by atoms with E-state index in [9.17, 15) is 4.79 Å². The van der Waals surface area contributed by atoms with Gasteiger partial charge in [-0.2, -0.15) is 0 Å². The maximum absolute atomic E-state index is 12.8. The zero-order valence-corrected chi connectivity index (χ0v) is 13.0. The van der Waals surface area contributed by atoms with Gasteiger partial charge in [-0.1, -0.05) is 18.2 Å². The monoisotopic (exact) mass is 300 g/mol. The predicted octanol–water partition coefficient (Wildman–Crippen LogP) is 2.80. The van der Waals surface area contributed by atoms with Crippen molar-refractivity contribution in [2.75, 3.05) is 19.8 Å². The largest absolute Gasteiger partial charge is 0.381 e. The summed E-state index contributed by atoms with van der Waals surface area (Å²) >= 11 is 0. The Morgan fingerprint density at radius 1 is 1.32 bits per heavy atom. The Morgan fingerprint density at radius 3 is 2.95 bits per heavy atom. The van der Waals surface area contributed by atoms with Gasteiger partial charge in [0, 0.05) is 19.3 Å². The molecular weight excluding hydrogens is 276 g/mol. The lowest BCUT2D eigenvalue weighted by Crippen LogP contribution is -2.39. The van der Waals surface area contributed by atoms with Crippen LogP contribution in [0, 0.1) is 11.8 Å². The Labute approximate surface area is 132 Å². The van der Waals surface area contributed by atoms with Crippen molar-refractivity contribution < 1.29 is 9.53 Å². The molecule has 0 N–H and O–H groups in total. The fourth-order valence-corrected chi connectivity index (χ4v) is 3.24. The highest BCUT2D eigenvalue weighted by Gasteiger charge is 2.29. The summed E-state index contributed by atoms with van der Waals surface area (Å²) in [5.41, 5.74) is 0.959. The highest BCUT2D eigenvalue weighted by Crippen LogP contribution is 2.23. The van der Waals surface area contributed by atoms with Gasteiger partial charge in [-0.05, 0) is 43.7 Å². The number of rotatable bonds is 5. The van der Waals surface area contributed by atoms with Crippen LogP contribution in [0.15, 0.2) is 36.5 Å². The minimum absolute atomic E-state index is 0.0304. The Balaban J connectivity index is 1.69. The molecule has 22 heavy (non-hydrogen) atoms.